The standard InChI is InChI=1S/C20H36N4O3/c1-4-21-18(22-13-15(14-8-9-14)23-19(25)27-6-3)24-16-12-17(26-5-2)20(16)10-7-11-20/h14-17H,4-13H2,1-3H3,(H,23,25)(H2,21,22,24). The van der Waals surface area contributed by atoms with E-state index >= 15 is 0 Å². The van der Waals surface area contributed by atoms with Gasteiger partial charge in [-0.05, 0) is 58.8 Å². The maximum Gasteiger partial charge on any atom is 0.407 e. The van der Waals surface area contributed by atoms with Crippen molar-refractivity contribution in [3.63, 3.8) is 0 Å². The van der Waals surface area contributed by atoms with Gasteiger partial charge >= 0.3 is 6.09 Å². The van der Waals surface area contributed by atoms with E-state index in [0.717, 1.165) is 38.4 Å². The van der Waals surface area contributed by atoms with Crippen molar-refractivity contribution >= 4 is 12.1 Å². The molecule has 3 unspecified atom stereocenters. The molecule has 3 rings (SSSR count). The van der Waals surface area contributed by atoms with Crippen LogP contribution in [-0.4, -0.2) is 56.5 Å². The molecule has 0 bridgehead atoms. The Balaban J connectivity index is 1.57. The topological polar surface area (TPSA) is 84.0 Å². The lowest BCUT2D eigenvalue weighted by molar-refractivity contribution is -0.168. The van der Waals surface area contributed by atoms with Crippen LogP contribution in [0.1, 0.15) is 59.3 Å². The van der Waals surface area contributed by atoms with Gasteiger partial charge in [-0.3, -0.25) is 4.99 Å². The van der Waals surface area contributed by atoms with Gasteiger partial charge in [0.05, 0.1) is 25.3 Å². The summed E-state index contributed by atoms with van der Waals surface area (Å²) >= 11 is 0. The number of nitrogens with zero attached hydrogens (tertiary/aromatic N) is 1. The Morgan fingerprint density at radius 3 is 2.56 bits per heavy atom. The van der Waals surface area contributed by atoms with E-state index in [1.165, 1.54) is 19.3 Å². The van der Waals surface area contributed by atoms with Gasteiger partial charge in [-0.1, -0.05) is 6.42 Å². The SMILES string of the molecule is CCNC(=NCC(NC(=O)OCC)C1CC1)NC1CC(OCC)C12CCC2. The summed E-state index contributed by atoms with van der Waals surface area (Å²) in [6, 6.07) is 0.479. The fourth-order valence-corrected chi connectivity index (χ4v) is 4.45. The molecule has 7 heteroatoms. The number of hydrogen-bond donors (Lipinski definition) is 3. The molecule has 1 amide bonds. The summed E-state index contributed by atoms with van der Waals surface area (Å²) in [6.07, 6.45) is 7.18. The first kappa shape index (κ1) is 20.2. The fourth-order valence-electron chi connectivity index (χ4n) is 4.45. The zero-order valence-electron chi connectivity index (χ0n) is 17.1. The number of aliphatic imine (C=N–C) groups is 1. The first-order chi connectivity index (χ1) is 13.1. The van der Waals surface area contributed by atoms with Crippen LogP contribution in [-0.2, 0) is 9.47 Å². The van der Waals surface area contributed by atoms with Gasteiger partial charge in [0.15, 0.2) is 5.96 Å². The van der Waals surface area contributed by atoms with Gasteiger partial charge in [0.1, 0.15) is 0 Å². The molecule has 154 valence electrons. The Hall–Kier alpha value is -1.50. The lowest BCUT2D eigenvalue weighted by Crippen LogP contribution is -2.68. The quantitative estimate of drug-likeness (QED) is 0.423. The third-order valence-electron chi connectivity index (χ3n) is 6.31. The summed E-state index contributed by atoms with van der Waals surface area (Å²) < 4.78 is 11.0. The molecule has 0 aromatic rings. The summed E-state index contributed by atoms with van der Waals surface area (Å²) in [5.41, 5.74) is 0.297. The molecular weight excluding hydrogens is 344 g/mol. The second-order valence-electron chi connectivity index (χ2n) is 7.99. The zero-order valence-corrected chi connectivity index (χ0v) is 17.1. The summed E-state index contributed by atoms with van der Waals surface area (Å²) in [5.74, 6) is 1.37. The summed E-state index contributed by atoms with van der Waals surface area (Å²) in [5, 5.41) is 9.98. The number of carbonyl (C=O) groups is 1. The molecule has 7 nitrogen and oxygen atoms in total. The fraction of sp³-hybridized carbons (Fsp3) is 0.900. The molecule has 3 atom stereocenters. The number of ether oxygens (including phenoxy) is 2. The van der Waals surface area contributed by atoms with Gasteiger partial charge in [0, 0.05) is 24.6 Å². The van der Waals surface area contributed by atoms with Gasteiger partial charge in [-0.15, -0.1) is 0 Å². The van der Waals surface area contributed by atoms with E-state index in [1.807, 2.05) is 6.92 Å². The molecule has 0 radical (unpaired) electrons. The molecule has 27 heavy (non-hydrogen) atoms. The Morgan fingerprint density at radius 2 is 2.00 bits per heavy atom. The van der Waals surface area contributed by atoms with Gasteiger partial charge in [0.25, 0.3) is 0 Å². The Labute approximate surface area is 163 Å². The van der Waals surface area contributed by atoms with Crippen molar-refractivity contribution in [2.45, 2.75) is 77.5 Å². The van der Waals surface area contributed by atoms with E-state index in [2.05, 4.69) is 29.8 Å². The molecule has 0 heterocycles. The van der Waals surface area contributed by atoms with Crippen molar-refractivity contribution in [3.05, 3.63) is 0 Å². The van der Waals surface area contributed by atoms with E-state index in [9.17, 15) is 4.79 Å². The van der Waals surface area contributed by atoms with E-state index < -0.39 is 0 Å². The van der Waals surface area contributed by atoms with E-state index in [-0.39, 0.29) is 12.1 Å². The third kappa shape index (κ3) is 4.68. The molecular formula is C20H36N4O3. The molecule has 0 aromatic carbocycles. The predicted molar refractivity (Wildman–Crippen MR) is 106 cm³/mol. The summed E-state index contributed by atoms with van der Waals surface area (Å²) in [4.78, 5) is 16.6. The van der Waals surface area contributed by atoms with Gasteiger partial charge in [-0.2, -0.15) is 0 Å². The number of guanidine groups is 1. The normalized spacial score (nSPS) is 27.3. The van der Waals surface area contributed by atoms with Gasteiger partial charge in [-0.25, -0.2) is 4.79 Å². The van der Waals surface area contributed by atoms with E-state index in [4.69, 9.17) is 14.5 Å². The first-order valence-electron chi connectivity index (χ1n) is 10.7. The number of amides is 1. The average Bonchev–Trinajstić information content (AvgIpc) is 3.41. The predicted octanol–water partition coefficient (Wildman–Crippen LogP) is 2.41. The van der Waals surface area contributed by atoms with Crippen LogP contribution in [0, 0.1) is 11.3 Å². The van der Waals surface area contributed by atoms with E-state index in [1.54, 1.807) is 0 Å². The maximum atomic E-state index is 11.8. The van der Waals surface area contributed by atoms with Crippen molar-refractivity contribution in [1.29, 1.82) is 0 Å². The van der Waals surface area contributed by atoms with Crippen molar-refractivity contribution < 1.29 is 14.3 Å². The molecule has 0 aliphatic heterocycles. The Bertz CT molecular complexity index is 531. The van der Waals surface area contributed by atoms with Crippen LogP contribution in [0.25, 0.3) is 0 Å². The monoisotopic (exact) mass is 380 g/mol. The van der Waals surface area contributed by atoms with Crippen LogP contribution in [0.15, 0.2) is 4.99 Å². The van der Waals surface area contributed by atoms with Crippen LogP contribution in [0.2, 0.25) is 0 Å². The smallest absolute Gasteiger partial charge is 0.407 e. The number of rotatable bonds is 9. The summed E-state index contributed by atoms with van der Waals surface area (Å²) in [6.45, 7) is 8.55. The highest BCUT2D eigenvalue weighted by Gasteiger charge is 2.59. The largest absolute Gasteiger partial charge is 0.450 e. The van der Waals surface area contributed by atoms with Gasteiger partial charge < -0.3 is 25.4 Å². The molecule has 0 aromatic heterocycles. The highest BCUT2D eigenvalue weighted by atomic mass is 16.5. The molecule has 3 N–H and O–H groups in total. The van der Waals surface area contributed by atoms with Crippen molar-refractivity contribution in [2.75, 3.05) is 26.3 Å². The molecule has 3 aliphatic carbocycles. The van der Waals surface area contributed by atoms with Crippen molar-refractivity contribution in [3.8, 4) is 0 Å². The highest BCUT2D eigenvalue weighted by Crippen LogP contribution is 2.57. The number of hydrogen-bond acceptors (Lipinski definition) is 4. The number of nitrogens with one attached hydrogen (secondary N) is 3. The molecule has 3 saturated carbocycles. The Morgan fingerprint density at radius 1 is 1.22 bits per heavy atom. The minimum absolute atomic E-state index is 0.0507. The van der Waals surface area contributed by atoms with Crippen molar-refractivity contribution in [1.82, 2.24) is 16.0 Å². The van der Waals surface area contributed by atoms with E-state index in [0.29, 0.717) is 36.6 Å². The zero-order chi connectivity index (χ0) is 19.3. The number of alkyl carbamates (subject to hydrolysis) is 1. The molecule has 0 saturated heterocycles. The minimum atomic E-state index is -0.338. The first-order valence-corrected chi connectivity index (χ1v) is 10.7. The molecule has 3 aliphatic rings. The lowest BCUT2D eigenvalue weighted by atomic mass is 9.51. The second kappa shape index (κ2) is 9.13. The van der Waals surface area contributed by atoms with Crippen molar-refractivity contribution in [2.24, 2.45) is 16.3 Å². The van der Waals surface area contributed by atoms with Crippen LogP contribution < -0.4 is 16.0 Å². The second-order valence-corrected chi connectivity index (χ2v) is 7.99. The average molecular weight is 381 g/mol. The van der Waals surface area contributed by atoms with Crippen LogP contribution in [0.5, 0.6) is 0 Å². The molecule has 3 fully saturated rings. The minimum Gasteiger partial charge on any atom is -0.450 e. The number of carbonyl (C=O) groups excluding carboxylic acids is 1. The van der Waals surface area contributed by atoms with Crippen LogP contribution in [0.4, 0.5) is 4.79 Å². The maximum absolute atomic E-state index is 11.8. The third-order valence-corrected chi connectivity index (χ3v) is 6.31. The van der Waals surface area contributed by atoms with Crippen LogP contribution >= 0.6 is 0 Å². The lowest BCUT2D eigenvalue weighted by Gasteiger charge is -2.61. The van der Waals surface area contributed by atoms with Crippen LogP contribution in [0.3, 0.4) is 0 Å². The summed E-state index contributed by atoms with van der Waals surface area (Å²) in [7, 11) is 0. The van der Waals surface area contributed by atoms with Gasteiger partial charge in [0.2, 0.25) is 0 Å². The highest BCUT2D eigenvalue weighted by molar-refractivity contribution is 5.80. The molecule has 1 spiro atoms. The Kier molecular flexibility index (Phi) is 6.84.